The smallest absolute Gasteiger partial charge is 0.0900 e. The highest BCUT2D eigenvalue weighted by atomic mass is 16.5. The van der Waals surface area contributed by atoms with Crippen LogP contribution in [0, 0.1) is 13.8 Å². The Morgan fingerprint density at radius 1 is 1.33 bits per heavy atom. The molecule has 3 heteroatoms. The highest BCUT2D eigenvalue weighted by molar-refractivity contribution is 5.30. The maximum Gasteiger partial charge on any atom is 0.0900 e. The molecule has 0 saturated heterocycles. The van der Waals surface area contributed by atoms with Crippen molar-refractivity contribution >= 4 is 0 Å². The Labute approximate surface area is 129 Å². The molecule has 1 atom stereocenters. The van der Waals surface area contributed by atoms with E-state index in [0.29, 0.717) is 25.8 Å². The van der Waals surface area contributed by atoms with E-state index >= 15 is 0 Å². The van der Waals surface area contributed by atoms with E-state index in [1.807, 2.05) is 0 Å². The van der Waals surface area contributed by atoms with Crippen molar-refractivity contribution in [2.24, 2.45) is 0 Å². The van der Waals surface area contributed by atoms with Gasteiger partial charge in [-0.05, 0) is 38.8 Å². The highest BCUT2D eigenvalue weighted by Gasteiger charge is 2.16. The molecule has 0 saturated carbocycles. The quantitative estimate of drug-likeness (QED) is 0.560. The number of rotatable bonds is 9. The van der Waals surface area contributed by atoms with Crippen LogP contribution in [0.25, 0.3) is 0 Å². The minimum atomic E-state index is -0.475. The zero-order valence-electron chi connectivity index (χ0n) is 13.8. The van der Waals surface area contributed by atoms with Crippen molar-refractivity contribution < 1.29 is 9.84 Å². The van der Waals surface area contributed by atoms with Crippen molar-refractivity contribution in [3.8, 4) is 0 Å². The van der Waals surface area contributed by atoms with Crippen LogP contribution in [0.3, 0.4) is 0 Å². The van der Waals surface area contributed by atoms with Crippen molar-refractivity contribution in [3.05, 3.63) is 47.5 Å². The van der Waals surface area contributed by atoms with E-state index in [9.17, 15) is 5.11 Å². The van der Waals surface area contributed by atoms with Gasteiger partial charge in [-0.3, -0.25) is 4.90 Å². The predicted molar refractivity (Wildman–Crippen MR) is 88.5 cm³/mol. The van der Waals surface area contributed by atoms with Gasteiger partial charge in [0.05, 0.1) is 19.3 Å². The molecule has 0 spiro atoms. The molecule has 0 fully saturated rings. The number of hydrogen-bond donors (Lipinski definition) is 1. The Kier molecular flexibility index (Phi) is 7.65. The minimum Gasteiger partial charge on any atom is -0.389 e. The van der Waals surface area contributed by atoms with Crippen LogP contribution in [0.4, 0.5) is 0 Å². The molecule has 0 aliphatic rings. The molecule has 0 aliphatic heterocycles. The molecular formula is C18H29NO2. The van der Waals surface area contributed by atoms with Gasteiger partial charge in [0.15, 0.2) is 0 Å². The molecule has 0 amide bonds. The fourth-order valence-corrected chi connectivity index (χ4v) is 2.26. The third kappa shape index (κ3) is 6.42. The van der Waals surface area contributed by atoms with Gasteiger partial charge in [-0.1, -0.05) is 29.8 Å². The standard InChI is InChI=1S/C18H29NO2/c1-6-9-21-13-18(20)12-19(14(2)3)11-17-10-15(4)7-8-16(17)5/h6-8,10,14,18,20H,1,9,11-13H2,2-5H3. The zero-order valence-corrected chi connectivity index (χ0v) is 13.8. The summed E-state index contributed by atoms with van der Waals surface area (Å²) in [6.45, 7) is 14.5. The molecule has 1 aromatic rings. The molecule has 1 rings (SSSR count). The van der Waals surface area contributed by atoms with Crippen molar-refractivity contribution in [2.45, 2.75) is 46.4 Å². The first-order chi connectivity index (χ1) is 9.93. The van der Waals surface area contributed by atoms with Gasteiger partial charge in [0.25, 0.3) is 0 Å². The fraction of sp³-hybridized carbons (Fsp3) is 0.556. The van der Waals surface area contributed by atoms with E-state index < -0.39 is 6.10 Å². The number of benzene rings is 1. The third-order valence-corrected chi connectivity index (χ3v) is 3.60. The van der Waals surface area contributed by atoms with E-state index in [-0.39, 0.29) is 0 Å². The Balaban J connectivity index is 2.65. The van der Waals surface area contributed by atoms with Crippen LogP contribution >= 0.6 is 0 Å². The SMILES string of the molecule is C=CCOCC(O)CN(Cc1cc(C)ccc1C)C(C)C. The second kappa shape index (κ2) is 8.98. The lowest BCUT2D eigenvalue weighted by Crippen LogP contribution is -2.39. The van der Waals surface area contributed by atoms with Crippen LogP contribution in [0.2, 0.25) is 0 Å². The van der Waals surface area contributed by atoms with Crippen LogP contribution < -0.4 is 0 Å². The van der Waals surface area contributed by atoms with E-state index in [4.69, 9.17) is 4.74 Å². The summed E-state index contributed by atoms with van der Waals surface area (Å²) in [5, 5.41) is 10.1. The summed E-state index contributed by atoms with van der Waals surface area (Å²) in [7, 11) is 0. The van der Waals surface area contributed by atoms with Gasteiger partial charge in [-0.2, -0.15) is 0 Å². The van der Waals surface area contributed by atoms with Crippen molar-refractivity contribution in [1.29, 1.82) is 0 Å². The Morgan fingerprint density at radius 2 is 2.05 bits per heavy atom. The first kappa shape index (κ1) is 17.9. The first-order valence-corrected chi connectivity index (χ1v) is 7.61. The summed E-state index contributed by atoms with van der Waals surface area (Å²) < 4.78 is 5.32. The van der Waals surface area contributed by atoms with E-state index in [2.05, 4.69) is 57.4 Å². The Hall–Kier alpha value is -1.16. The number of hydrogen-bond acceptors (Lipinski definition) is 3. The first-order valence-electron chi connectivity index (χ1n) is 7.61. The van der Waals surface area contributed by atoms with Crippen LogP contribution in [-0.2, 0) is 11.3 Å². The normalized spacial score (nSPS) is 12.9. The molecule has 21 heavy (non-hydrogen) atoms. The highest BCUT2D eigenvalue weighted by Crippen LogP contribution is 2.15. The molecule has 0 radical (unpaired) electrons. The van der Waals surface area contributed by atoms with Gasteiger partial charge in [-0.25, -0.2) is 0 Å². The second-order valence-corrected chi connectivity index (χ2v) is 5.93. The zero-order chi connectivity index (χ0) is 15.8. The lowest BCUT2D eigenvalue weighted by molar-refractivity contribution is 0.0178. The third-order valence-electron chi connectivity index (χ3n) is 3.60. The second-order valence-electron chi connectivity index (χ2n) is 5.93. The monoisotopic (exact) mass is 291 g/mol. The summed E-state index contributed by atoms with van der Waals surface area (Å²) in [6.07, 6.45) is 1.22. The van der Waals surface area contributed by atoms with Crippen LogP contribution in [0.1, 0.15) is 30.5 Å². The van der Waals surface area contributed by atoms with E-state index in [1.54, 1.807) is 6.08 Å². The summed E-state index contributed by atoms with van der Waals surface area (Å²) in [4.78, 5) is 2.28. The Morgan fingerprint density at radius 3 is 2.67 bits per heavy atom. The van der Waals surface area contributed by atoms with Gasteiger partial charge >= 0.3 is 0 Å². The number of nitrogens with zero attached hydrogens (tertiary/aromatic N) is 1. The number of aryl methyl sites for hydroxylation is 2. The summed E-state index contributed by atoms with van der Waals surface area (Å²) in [6, 6.07) is 6.90. The Bertz CT molecular complexity index is 443. The summed E-state index contributed by atoms with van der Waals surface area (Å²) >= 11 is 0. The molecule has 1 aromatic carbocycles. The summed E-state index contributed by atoms with van der Waals surface area (Å²) in [5.41, 5.74) is 3.89. The maximum absolute atomic E-state index is 10.1. The van der Waals surface area contributed by atoms with E-state index in [0.717, 1.165) is 6.54 Å². The van der Waals surface area contributed by atoms with Crippen molar-refractivity contribution in [1.82, 2.24) is 4.90 Å². The van der Waals surface area contributed by atoms with Gasteiger partial charge in [-0.15, -0.1) is 6.58 Å². The molecule has 118 valence electrons. The molecule has 0 heterocycles. The van der Waals surface area contributed by atoms with E-state index in [1.165, 1.54) is 16.7 Å². The number of ether oxygens (including phenoxy) is 1. The molecule has 0 aromatic heterocycles. The lowest BCUT2D eigenvalue weighted by Gasteiger charge is -2.29. The average Bonchev–Trinajstić information content (AvgIpc) is 2.42. The number of aliphatic hydroxyl groups is 1. The van der Waals surface area contributed by atoms with Crippen LogP contribution in [0.15, 0.2) is 30.9 Å². The van der Waals surface area contributed by atoms with Crippen LogP contribution in [0.5, 0.6) is 0 Å². The molecule has 3 nitrogen and oxygen atoms in total. The van der Waals surface area contributed by atoms with Gasteiger partial charge in [0.1, 0.15) is 0 Å². The number of aliphatic hydroxyl groups excluding tert-OH is 1. The molecule has 0 bridgehead atoms. The minimum absolute atomic E-state index is 0.349. The average molecular weight is 291 g/mol. The van der Waals surface area contributed by atoms with Gasteiger partial charge in [0, 0.05) is 19.1 Å². The van der Waals surface area contributed by atoms with Gasteiger partial charge < -0.3 is 9.84 Å². The molecular weight excluding hydrogens is 262 g/mol. The molecule has 1 N–H and O–H groups in total. The maximum atomic E-state index is 10.1. The summed E-state index contributed by atoms with van der Waals surface area (Å²) in [5.74, 6) is 0. The van der Waals surface area contributed by atoms with Crippen molar-refractivity contribution in [3.63, 3.8) is 0 Å². The molecule has 0 aliphatic carbocycles. The van der Waals surface area contributed by atoms with Crippen LogP contribution in [-0.4, -0.2) is 41.9 Å². The van der Waals surface area contributed by atoms with Gasteiger partial charge in [0.2, 0.25) is 0 Å². The fourth-order valence-electron chi connectivity index (χ4n) is 2.26. The topological polar surface area (TPSA) is 32.7 Å². The predicted octanol–water partition coefficient (Wildman–Crippen LogP) is 3.08. The lowest BCUT2D eigenvalue weighted by atomic mass is 10.0. The molecule has 1 unspecified atom stereocenters. The largest absolute Gasteiger partial charge is 0.389 e. The van der Waals surface area contributed by atoms with Crippen molar-refractivity contribution in [2.75, 3.05) is 19.8 Å².